The van der Waals surface area contributed by atoms with Crippen LogP contribution in [0.25, 0.3) is 0 Å². The Bertz CT molecular complexity index is 149. The molecule has 0 spiro atoms. The van der Waals surface area contributed by atoms with Gasteiger partial charge in [0.1, 0.15) is 0 Å². The molecule has 1 heterocycles. The first-order chi connectivity index (χ1) is 6.16. The summed E-state index contributed by atoms with van der Waals surface area (Å²) in [4.78, 5) is 2.15. The normalized spacial score (nSPS) is 22.2. The number of rotatable bonds is 4. The fourth-order valence-electron chi connectivity index (χ4n) is 1.80. The molecule has 0 aromatic rings. The monoisotopic (exact) mass is 204 g/mol. The van der Waals surface area contributed by atoms with E-state index in [4.69, 9.17) is 17.7 Å². The molecule has 0 amide bonds. The molecular formula is C9H20N2OS. The molecular weight excluding hydrogens is 184 g/mol. The number of piperidine rings is 1. The zero-order valence-electron chi connectivity index (χ0n) is 8.29. The number of thiol groups is 1. The Morgan fingerprint density at radius 3 is 2.62 bits per heavy atom. The largest absolute Gasteiger partial charge is 0.395 e. The van der Waals surface area contributed by atoms with Gasteiger partial charge < -0.3 is 15.3 Å². The van der Waals surface area contributed by atoms with Crippen molar-refractivity contribution in [2.45, 2.75) is 17.6 Å². The zero-order chi connectivity index (χ0) is 9.73. The summed E-state index contributed by atoms with van der Waals surface area (Å²) in [5.74, 6) is 0. The van der Waals surface area contributed by atoms with Gasteiger partial charge in [-0.3, -0.25) is 0 Å². The van der Waals surface area contributed by atoms with E-state index in [1.165, 1.54) is 0 Å². The van der Waals surface area contributed by atoms with E-state index in [1.807, 2.05) is 7.05 Å². The van der Waals surface area contributed by atoms with Gasteiger partial charge in [-0.25, -0.2) is 0 Å². The van der Waals surface area contributed by atoms with Crippen LogP contribution in [0.5, 0.6) is 0 Å². The number of likely N-dealkylation sites (N-methyl/N-ethyl adjacent to an activating group) is 1. The minimum Gasteiger partial charge on any atom is -0.395 e. The molecule has 1 aliphatic heterocycles. The maximum absolute atomic E-state index is 8.77. The zero-order valence-corrected chi connectivity index (χ0v) is 9.19. The highest BCUT2D eigenvalue weighted by atomic mass is 32.1. The van der Waals surface area contributed by atoms with E-state index in [2.05, 4.69) is 10.2 Å². The fourth-order valence-corrected chi connectivity index (χ4v) is 2.27. The van der Waals surface area contributed by atoms with Gasteiger partial charge in [0.25, 0.3) is 0 Å². The third kappa shape index (κ3) is 3.85. The van der Waals surface area contributed by atoms with Crippen molar-refractivity contribution in [2.24, 2.45) is 0 Å². The smallest absolute Gasteiger partial charge is 0.0558 e. The van der Waals surface area contributed by atoms with Crippen LogP contribution in [0.2, 0.25) is 0 Å². The quantitative estimate of drug-likeness (QED) is 0.563. The Balaban J connectivity index is 2.31. The number of nitrogens with one attached hydrogen (secondary N) is 1. The van der Waals surface area contributed by atoms with Crippen LogP contribution in [0.1, 0.15) is 12.8 Å². The van der Waals surface area contributed by atoms with Crippen molar-refractivity contribution in [1.29, 1.82) is 0 Å². The van der Waals surface area contributed by atoms with Crippen LogP contribution in [0, 0.1) is 0 Å². The lowest BCUT2D eigenvalue weighted by molar-refractivity contribution is 0.200. The van der Waals surface area contributed by atoms with Crippen LogP contribution >= 0.6 is 12.6 Å². The Hall–Kier alpha value is 0.230. The lowest BCUT2D eigenvalue weighted by Crippen LogP contribution is -2.45. The summed E-state index contributed by atoms with van der Waals surface area (Å²) in [6.07, 6.45) is 2.23. The SMILES string of the molecule is CN(CCO)CC1(S)CCNCC1. The fraction of sp³-hybridized carbons (Fsp3) is 1.00. The molecule has 4 heteroatoms. The van der Waals surface area contributed by atoms with Crippen molar-refractivity contribution in [1.82, 2.24) is 10.2 Å². The summed E-state index contributed by atoms with van der Waals surface area (Å²) in [5, 5.41) is 12.1. The van der Waals surface area contributed by atoms with Crippen molar-refractivity contribution in [2.75, 3.05) is 39.8 Å². The minimum absolute atomic E-state index is 0.148. The summed E-state index contributed by atoms with van der Waals surface area (Å²) in [7, 11) is 2.04. The van der Waals surface area contributed by atoms with E-state index >= 15 is 0 Å². The van der Waals surface area contributed by atoms with Crippen molar-refractivity contribution in [3.05, 3.63) is 0 Å². The van der Waals surface area contributed by atoms with Gasteiger partial charge in [0, 0.05) is 17.8 Å². The first kappa shape index (κ1) is 11.3. The Morgan fingerprint density at radius 1 is 1.46 bits per heavy atom. The van der Waals surface area contributed by atoms with Gasteiger partial charge in [-0.2, -0.15) is 12.6 Å². The van der Waals surface area contributed by atoms with E-state index in [-0.39, 0.29) is 11.4 Å². The van der Waals surface area contributed by atoms with Gasteiger partial charge in [0.2, 0.25) is 0 Å². The van der Waals surface area contributed by atoms with Gasteiger partial charge >= 0.3 is 0 Å². The molecule has 1 saturated heterocycles. The van der Waals surface area contributed by atoms with E-state index < -0.39 is 0 Å². The molecule has 0 aromatic carbocycles. The van der Waals surface area contributed by atoms with E-state index in [1.54, 1.807) is 0 Å². The molecule has 1 aliphatic rings. The molecule has 0 bridgehead atoms. The predicted molar refractivity (Wildman–Crippen MR) is 58.4 cm³/mol. The molecule has 0 aromatic heterocycles. The predicted octanol–water partition coefficient (Wildman–Crippen LogP) is -0.0375. The molecule has 2 N–H and O–H groups in total. The second-order valence-electron chi connectivity index (χ2n) is 3.94. The van der Waals surface area contributed by atoms with E-state index in [9.17, 15) is 0 Å². The van der Waals surface area contributed by atoms with Gasteiger partial charge in [-0.05, 0) is 33.0 Å². The first-order valence-electron chi connectivity index (χ1n) is 4.89. The molecule has 13 heavy (non-hydrogen) atoms. The summed E-state index contributed by atoms with van der Waals surface area (Å²) in [6.45, 7) is 4.08. The van der Waals surface area contributed by atoms with Crippen molar-refractivity contribution < 1.29 is 5.11 Å². The molecule has 78 valence electrons. The van der Waals surface area contributed by atoms with Crippen LogP contribution in [-0.4, -0.2) is 54.6 Å². The highest BCUT2D eigenvalue weighted by Crippen LogP contribution is 2.26. The summed E-state index contributed by atoms with van der Waals surface area (Å²) >= 11 is 4.72. The average Bonchev–Trinajstić information content (AvgIpc) is 2.04. The van der Waals surface area contributed by atoms with Gasteiger partial charge in [-0.1, -0.05) is 0 Å². The molecule has 0 saturated carbocycles. The Labute approximate surface area is 85.9 Å². The van der Waals surface area contributed by atoms with Crippen LogP contribution < -0.4 is 5.32 Å². The summed E-state index contributed by atoms with van der Waals surface area (Å²) < 4.78 is 0.148. The second-order valence-corrected chi connectivity index (χ2v) is 4.88. The van der Waals surface area contributed by atoms with Crippen LogP contribution in [0.15, 0.2) is 0 Å². The van der Waals surface area contributed by atoms with Crippen LogP contribution in [-0.2, 0) is 0 Å². The topological polar surface area (TPSA) is 35.5 Å². The third-order valence-corrected chi connectivity index (χ3v) is 3.17. The number of nitrogens with zero attached hydrogens (tertiary/aromatic N) is 1. The Morgan fingerprint density at radius 2 is 2.08 bits per heavy atom. The summed E-state index contributed by atoms with van der Waals surface area (Å²) in [6, 6.07) is 0. The number of aliphatic hydroxyl groups is 1. The highest BCUT2D eigenvalue weighted by molar-refractivity contribution is 7.81. The summed E-state index contributed by atoms with van der Waals surface area (Å²) in [5.41, 5.74) is 0. The molecule has 1 fully saturated rings. The van der Waals surface area contributed by atoms with E-state index in [0.29, 0.717) is 0 Å². The molecule has 1 rings (SSSR count). The molecule has 0 radical (unpaired) electrons. The van der Waals surface area contributed by atoms with Gasteiger partial charge in [0.05, 0.1) is 6.61 Å². The van der Waals surface area contributed by atoms with E-state index in [0.717, 1.165) is 39.0 Å². The molecule has 3 nitrogen and oxygen atoms in total. The number of hydrogen-bond donors (Lipinski definition) is 3. The van der Waals surface area contributed by atoms with Gasteiger partial charge in [-0.15, -0.1) is 0 Å². The first-order valence-corrected chi connectivity index (χ1v) is 5.33. The maximum Gasteiger partial charge on any atom is 0.0558 e. The molecule has 0 atom stereocenters. The maximum atomic E-state index is 8.77. The van der Waals surface area contributed by atoms with Crippen LogP contribution in [0.4, 0.5) is 0 Å². The van der Waals surface area contributed by atoms with Crippen molar-refractivity contribution in [3.63, 3.8) is 0 Å². The van der Waals surface area contributed by atoms with Crippen molar-refractivity contribution >= 4 is 12.6 Å². The van der Waals surface area contributed by atoms with Crippen LogP contribution in [0.3, 0.4) is 0 Å². The highest BCUT2D eigenvalue weighted by Gasteiger charge is 2.28. The third-order valence-electron chi connectivity index (χ3n) is 2.58. The Kier molecular flexibility index (Phi) is 4.52. The molecule has 0 unspecified atom stereocenters. The minimum atomic E-state index is 0.148. The second kappa shape index (κ2) is 5.20. The average molecular weight is 204 g/mol. The number of hydrogen-bond acceptors (Lipinski definition) is 4. The number of aliphatic hydroxyl groups excluding tert-OH is 1. The standard InChI is InChI=1S/C9H20N2OS/c1-11(6-7-12)8-9(13)2-4-10-5-3-9/h10,12-13H,2-8H2,1H3. The lowest BCUT2D eigenvalue weighted by Gasteiger charge is -2.36. The van der Waals surface area contributed by atoms with Crippen molar-refractivity contribution in [3.8, 4) is 0 Å². The van der Waals surface area contributed by atoms with Gasteiger partial charge in [0.15, 0.2) is 0 Å². The molecule has 0 aliphatic carbocycles. The lowest BCUT2D eigenvalue weighted by atomic mass is 9.96.